The summed E-state index contributed by atoms with van der Waals surface area (Å²) in [6.45, 7) is 6.71. The second-order valence-corrected chi connectivity index (χ2v) is 8.32. The third-order valence-corrected chi connectivity index (χ3v) is 5.36. The van der Waals surface area contributed by atoms with Crippen molar-refractivity contribution in [3.8, 4) is 0 Å². The van der Waals surface area contributed by atoms with Crippen molar-refractivity contribution in [2.45, 2.75) is 129 Å². The Balaban J connectivity index is 1.80. The minimum Gasteiger partial charge on any atom is -0.177 e. The summed E-state index contributed by atoms with van der Waals surface area (Å²) in [5.74, 6) is 0.845. The molecule has 0 bridgehead atoms. The average molecular weight is 351 g/mol. The van der Waals surface area contributed by atoms with Gasteiger partial charge in [-0.3, -0.25) is 0 Å². The van der Waals surface area contributed by atoms with Crippen LogP contribution in [0.4, 0.5) is 0 Å². The summed E-state index contributed by atoms with van der Waals surface area (Å²) < 4.78 is 0. The van der Waals surface area contributed by atoms with Crippen LogP contribution in [0.3, 0.4) is 0 Å². The summed E-state index contributed by atoms with van der Waals surface area (Å²) >= 11 is 0. The number of rotatable bonds is 17. The number of H-pyrrole nitrogens is 1. The molecular formula is C21H42N4. The zero-order valence-corrected chi connectivity index (χ0v) is 17.2. The summed E-state index contributed by atoms with van der Waals surface area (Å²) in [6.07, 6.45) is 22.3. The van der Waals surface area contributed by atoms with Gasteiger partial charge in [0, 0.05) is 5.41 Å². The Morgan fingerprint density at radius 2 is 1.12 bits per heavy atom. The van der Waals surface area contributed by atoms with Crippen molar-refractivity contribution in [3.05, 3.63) is 5.82 Å². The first-order valence-electron chi connectivity index (χ1n) is 10.9. The Hall–Kier alpha value is -0.930. The summed E-state index contributed by atoms with van der Waals surface area (Å²) in [7, 11) is 0. The highest BCUT2D eigenvalue weighted by atomic mass is 15.5. The highest BCUT2D eigenvalue weighted by Crippen LogP contribution is 2.26. The number of aromatic amines is 1. The average Bonchev–Trinajstić information content (AvgIpc) is 3.14. The van der Waals surface area contributed by atoms with E-state index < -0.39 is 0 Å². The van der Waals surface area contributed by atoms with Crippen LogP contribution in [0, 0.1) is 0 Å². The Morgan fingerprint density at radius 1 is 0.680 bits per heavy atom. The number of aromatic nitrogens is 4. The number of nitrogens with zero attached hydrogens (tertiary/aromatic N) is 3. The number of nitrogens with one attached hydrogen (secondary N) is 1. The minimum atomic E-state index is 0.0452. The van der Waals surface area contributed by atoms with Crippen molar-refractivity contribution in [2.75, 3.05) is 0 Å². The Bertz CT molecular complexity index is 387. The third kappa shape index (κ3) is 11.3. The second-order valence-electron chi connectivity index (χ2n) is 8.32. The molecular weight excluding hydrogens is 308 g/mol. The molecule has 1 rings (SSSR count). The van der Waals surface area contributed by atoms with Crippen molar-refractivity contribution >= 4 is 0 Å². The number of hydrogen-bond acceptors (Lipinski definition) is 3. The highest BCUT2D eigenvalue weighted by Gasteiger charge is 2.24. The maximum Gasteiger partial charge on any atom is 0.180 e. The molecule has 0 unspecified atom stereocenters. The van der Waals surface area contributed by atoms with Crippen molar-refractivity contribution < 1.29 is 0 Å². The molecule has 0 aliphatic rings. The maximum absolute atomic E-state index is 4.13. The predicted molar refractivity (Wildman–Crippen MR) is 107 cm³/mol. The Morgan fingerprint density at radius 3 is 1.52 bits per heavy atom. The summed E-state index contributed by atoms with van der Waals surface area (Å²) in [6, 6.07) is 0. The fourth-order valence-corrected chi connectivity index (χ4v) is 3.50. The first-order chi connectivity index (χ1) is 12.2. The molecule has 4 nitrogen and oxygen atoms in total. The van der Waals surface area contributed by atoms with Crippen LogP contribution in [-0.2, 0) is 5.41 Å². The zero-order valence-electron chi connectivity index (χ0n) is 17.2. The maximum atomic E-state index is 4.13. The van der Waals surface area contributed by atoms with Gasteiger partial charge in [-0.25, -0.2) is 0 Å². The molecule has 0 radical (unpaired) electrons. The molecule has 4 heteroatoms. The minimum absolute atomic E-state index is 0.0452. The lowest BCUT2D eigenvalue weighted by Gasteiger charge is -2.19. The van der Waals surface area contributed by atoms with E-state index in [4.69, 9.17) is 0 Å². The molecule has 0 saturated carbocycles. The van der Waals surface area contributed by atoms with E-state index in [1.54, 1.807) is 0 Å². The molecule has 25 heavy (non-hydrogen) atoms. The Kier molecular flexibility index (Phi) is 12.6. The molecule has 1 N–H and O–H groups in total. The van der Waals surface area contributed by atoms with Gasteiger partial charge in [0.15, 0.2) is 5.82 Å². The molecule has 0 fully saturated rings. The van der Waals surface area contributed by atoms with Crippen molar-refractivity contribution in [1.29, 1.82) is 0 Å². The van der Waals surface area contributed by atoms with E-state index in [1.807, 2.05) is 0 Å². The van der Waals surface area contributed by atoms with Gasteiger partial charge < -0.3 is 0 Å². The number of tetrazole rings is 1. The first kappa shape index (κ1) is 22.1. The van der Waals surface area contributed by atoms with Crippen LogP contribution >= 0.6 is 0 Å². The lowest BCUT2D eigenvalue weighted by atomic mass is 9.86. The molecule has 0 amide bonds. The van der Waals surface area contributed by atoms with Crippen LogP contribution in [-0.4, -0.2) is 20.6 Å². The molecule has 1 heterocycles. The lowest BCUT2D eigenvalue weighted by Crippen LogP contribution is -2.19. The molecule has 0 aliphatic carbocycles. The van der Waals surface area contributed by atoms with Crippen molar-refractivity contribution in [1.82, 2.24) is 20.6 Å². The molecule has 0 spiro atoms. The SMILES string of the molecule is CCCCCCCCCCCCCCCCCC(C)(C)c1nn[nH]n1. The van der Waals surface area contributed by atoms with Crippen LogP contribution in [0.15, 0.2) is 0 Å². The van der Waals surface area contributed by atoms with Gasteiger partial charge in [0.2, 0.25) is 0 Å². The van der Waals surface area contributed by atoms with Gasteiger partial charge in [-0.15, -0.1) is 10.2 Å². The largest absolute Gasteiger partial charge is 0.180 e. The normalized spacial score (nSPS) is 12.0. The molecule has 146 valence electrons. The molecule has 1 aromatic heterocycles. The van der Waals surface area contributed by atoms with Crippen LogP contribution < -0.4 is 0 Å². The molecule has 0 aliphatic heterocycles. The van der Waals surface area contributed by atoms with Gasteiger partial charge in [0.05, 0.1) is 0 Å². The monoisotopic (exact) mass is 350 g/mol. The first-order valence-corrected chi connectivity index (χ1v) is 10.9. The quantitative estimate of drug-likeness (QED) is 0.316. The van der Waals surface area contributed by atoms with Crippen LogP contribution in [0.5, 0.6) is 0 Å². The molecule has 0 atom stereocenters. The van der Waals surface area contributed by atoms with Crippen LogP contribution in [0.2, 0.25) is 0 Å². The van der Waals surface area contributed by atoms with Gasteiger partial charge in [-0.2, -0.15) is 5.21 Å². The fourth-order valence-electron chi connectivity index (χ4n) is 3.50. The standard InChI is InChI=1S/C21H42N4/c1-4-5-6-7-8-9-10-11-12-13-14-15-16-17-18-19-21(2,3)20-22-24-25-23-20/h4-19H2,1-3H3,(H,22,23,24,25). The van der Waals surface area contributed by atoms with Crippen LogP contribution in [0.25, 0.3) is 0 Å². The predicted octanol–water partition coefficient (Wildman–Crippen LogP) is 6.74. The van der Waals surface area contributed by atoms with Gasteiger partial charge in [0.25, 0.3) is 0 Å². The Labute approximate surface area is 156 Å². The van der Waals surface area contributed by atoms with E-state index in [2.05, 4.69) is 41.4 Å². The fraction of sp³-hybridized carbons (Fsp3) is 0.952. The van der Waals surface area contributed by atoms with Gasteiger partial charge in [-0.05, 0) is 6.42 Å². The number of hydrogen-bond donors (Lipinski definition) is 1. The molecule has 1 aromatic rings. The molecule has 0 aromatic carbocycles. The molecule has 0 saturated heterocycles. The lowest BCUT2D eigenvalue weighted by molar-refractivity contribution is 0.419. The second kappa shape index (κ2) is 14.3. The van der Waals surface area contributed by atoms with E-state index in [1.165, 1.54) is 96.3 Å². The zero-order chi connectivity index (χ0) is 18.2. The van der Waals surface area contributed by atoms with E-state index in [0.717, 1.165) is 12.2 Å². The summed E-state index contributed by atoms with van der Waals surface area (Å²) in [4.78, 5) is 0. The van der Waals surface area contributed by atoms with Gasteiger partial charge >= 0.3 is 0 Å². The van der Waals surface area contributed by atoms with Crippen molar-refractivity contribution in [2.24, 2.45) is 0 Å². The van der Waals surface area contributed by atoms with Crippen molar-refractivity contribution in [3.63, 3.8) is 0 Å². The summed E-state index contributed by atoms with van der Waals surface area (Å²) in [5.41, 5.74) is 0.0452. The van der Waals surface area contributed by atoms with E-state index >= 15 is 0 Å². The highest BCUT2D eigenvalue weighted by molar-refractivity contribution is 4.98. The topological polar surface area (TPSA) is 54.5 Å². The van der Waals surface area contributed by atoms with Crippen LogP contribution in [0.1, 0.15) is 129 Å². The number of unbranched alkanes of at least 4 members (excludes halogenated alkanes) is 14. The van der Waals surface area contributed by atoms with Gasteiger partial charge in [0.1, 0.15) is 0 Å². The third-order valence-electron chi connectivity index (χ3n) is 5.36. The van der Waals surface area contributed by atoms with E-state index in [-0.39, 0.29) is 5.41 Å². The smallest absolute Gasteiger partial charge is 0.177 e. The van der Waals surface area contributed by atoms with Gasteiger partial charge in [-0.1, -0.05) is 122 Å². The van der Waals surface area contributed by atoms with E-state index in [9.17, 15) is 0 Å². The summed E-state index contributed by atoms with van der Waals surface area (Å²) in [5, 5.41) is 14.5. The van der Waals surface area contributed by atoms with E-state index in [0.29, 0.717) is 0 Å².